The SMILES string of the molecule is NC(=O)C1SCCN1C(=O)CCc1ccccc1. The Morgan fingerprint density at radius 1 is 1.33 bits per heavy atom. The van der Waals surface area contributed by atoms with Gasteiger partial charge in [-0.05, 0) is 12.0 Å². The fourth-order valence-electron chi connectivity index (χ4n) is 2.00. The monoisotopic (exact) mass is 264 g/mol. The van der Waals surface area contributed by atoms with E-state index in [2.05, 4.69) is 0 Å². The van der Waals surface area contributed by atoms with Gasteiger partial charge in [-0.2, -0.15) is 0 Å². The van der Waals surface area contributed by atoms with Gasteiger partial charge in [0.2, 0.25) is 5.91 Å². The minimum Gasteiger partial charge on any atom is -0.367 e. The number of amides is 2. The van der Waals surface area contributed by atoms with Gasteiger partial charge in [0.05, 0.1) is 0 Å². The molecule has 1 aliphatic heterocycles. The summed E-state index contributed by atoms with van der Waals surface area (Å²) in [6, 6.07) is 9.86. The number of nitrogens with two attached hydrogens (primary N) is 1. The van der Waals surface area contributed by atoms with Crippen molar-refractivity contribution in [1.29, 1.82) is 0 Å². The number of hydrogen-bond acceptors (Lipinski definition) is 3. The van der Waals surface area contributed by atoms with Crippen molar-refractivity contribution in [2.75, 3.05) is 12.3 Å². The van der Waals surface area contributed by atoms with Crippen LogP contribution in [0.25, 0.3) is 0 Å². The first kappa shape index (κ1) is 13.0. The van der Waals surface area contributed by atoms with E-state index in [4.69, 9.17) is 5.73 Å². The van der Waals surface area contributed by atoms with Gasteiger partial charge in [-0.15, -0.1) is 11.8 Å². The Kier molecular flexibility index (Phi) is 4.25. The molecule has 1 atom stereocenters. The largest absolute Gasteiger partial charge is 0.367 e. The molecule has 1 unspecified atom stereocenters. The third-order valence-electron chi connectivity index (χ3n) is 2.93. The normalized spacial score (nSPS) is 18.9. The number of carbonyl (C=O) groups excluding carboxylic acids is 2. The van der Waals surface area contributed by atoms with Gasteiger partial charge in [0.15, 0.2) is 5.37 Å². The summed E-state index contributed by atoms with van der Waals surface area (Å²) in [7, 11) is 0. The number of hydrogen-bond donors (Lipinski definition) is 1. The molecule has 2 N–H and O–H groups in total. The molecular formula is C13H16N2O2S. The highest BCUT2D eigenvalue weighted by Crippen LogP contribution is 2.24. The lowest BCUT2D eigenvalue weighted by atomic mass is 10.1. The zero-order valence-electron chi connectivity index (χ0n) is 10.0. The maximum absolute atomic E-state index is 12.0. The second kappa shape index (κ2) is 5.91. The summed E-state index contributed by atoms with van der Waals surface area (Å²) in [5, 5.41) is -0.478. The Hall–Kier alpha value is -1.49. The van der Waals surface area contributed by atoms with E-state index in [1.165, 1.54) is 11.8 Å². The standard InChI is InChI=1S/C13H16N2O2S/c14-12(17)13-15(8-9-18-13)11(16)7-6-10-4-2-1-3-5-10/h1-5,13H,6-9H2,(H2,14,17). The van der Waals surface area contributed by atoms with Crippen molar-refractivity contribution in [2.45, 2.75) is 18.2 Å². The van der Waals surface area contributed by atoms with Crippen LogP contribution in [-0.4, -0.2) is 34.4 Å². The highest BCUT2D eigenvalue weighted by Gasteiger charge is 2.32. The van der Waals surface area contributed by atoms with E-state index in [9.17, 15) is 9.59 Å². The molecule has 0 aliphatic carbocycles. The molecule has 18 heavy (non-hydrogen) atoms. The Morgan fingerprint density at radius 3 is 2.72 bits per heavy atom. The number of primary amides is 1. The minimum absolute atomic E-state index is 0.00709. The van der Waals surface area contributed by atoms with Crippen molar-refractivity contribution in [3.63, 3.8) is 0 Å². The third kappa shape index (κ3) is 3.04. The van der Waals surface area contributed by atoms with Gasteiger partial charge in [0, 0.05) is 18.7 Å². The van der Waals surface area contributed by atoms with Crippen LogP contribution in [0.5, 0.6) is 0 Å². The smallest absolute Gasteiger partial charge is 0.250 e. The maximum atomic E-state index is 12.0. The quantitative estimate of drug-likeness (QED) is 0.882. The maximum Gasteiger partial charge on any atom is 0.250 e. The first-order valence-electron chi connectivity index (χ1n) is 5.93. The van der Waals surface area contributed by atoms with Crippen molar-refractivity contribution in [1.82, 2.24) is 4.90 Å². The number of rotatable bonds is 4. The van der Waals surface area contributed by atoms with Crippen LogP contribution in [0.1, 0.15) is 12.0 Å². The average molecular weight is 264 g/mol. The summed E-state index contributed by atoms with van der Waals surface area (Å²) in [5.41, 5.74) is 6.41. The molecule has 1 heterocycles. The van der Waals surface area contributed by atoms with Crippen molar-refractivity contribution < 1.29 is 9.59 Å². The zero-order chi connectivity index (χ0) is 13.0. The molecule has 2 rings (SSSR count). The summed E-state index contributed by atoms with van der Waals surface area (Å²) in [6.07, 6.45) is 1.13. The number of nitrogens with zero attached hydrogens (tertiary/aromatic N) is 1. The molecule has 5 heteroatoms. The number of benzene rings is 1. The van der Waals surface area contributed by atoms with E-state index in [-0.39, 0.29) is 5.91 Å². The van der Waals surface area contributed by atoms with Gasteiger partial charge < -0.3 is 10.6 Å². The number of aryl methyl sites for hydroxylation is 1. The van der Waals surface area contributed by atoms with Crippen LogP contribution in [0.3, 0.4) is 0 Å². The molecule has 0 aromatic heterocycles. The Bertz CT molecular complexity index is 436. The third-order valence-corrected chi connectivity index (χ3v) is 4.15. The molecule has 96 valence electrons. The molecule has 0 spiro atoms. The lowest BCUT2D eigenvalue weighted by Gasteiger charge is -2.21. The van der Waals surface area contributed by atoms with E-state index < -0.39 is 11.3 Å². The molecule has 1 aliphatic rings. The van der Waals surface area contributed by atoms with Gasteiger partial charge in [-0.3, -0.25) is 9.59 Å². The van der Waals surface area contributed by atoms with Crippen LogP contribution in [0.4, 0.5) is 0 Å². The predicted octanol–water partition coefficient (Wildman–Crippen LogP) is 1.01. The molecule has 4 nitrogen and oxygen atoms in total. The van der Waals surface area contributed by atoms with E-state index in [0.29, 0.717) is 19.4 Å². The topological polar surface area (TPSA) is 63.4 Å². The summed E-state index contributed by atoms with van der Waals surface area (Å²) in [4.78, 5) is 24.8. The molecule has 1 aromatic carbocycles. The van der Waals surface area contributed by atoms with Crippen LogP contribution in [0, 0.1) is 0 Å². The van der Waals surface area contributed by atoms with Crippen molar-refractivity contribution in [3.8, 4) is 0 Å². The first-order valence-corrected chi connectivity index (χ1v) is 6.97. The molecule has 2 amide bonds. The molecular weight excluding hydrogens is 248 g/mol. The van der Waals surface area contributed by atoms with Crippen LogP contribution < -0.4 is 5.73 Å². The van der Waals surface area contributed by atoms with Crippen LogP contribution in [0.2, 0.25) is 0 Å². The molecule has 0 bridgehead atoms. The van der Waals surface area contributed by atoms with Crippen LogP contribution in [-0.2, 0) is 16.0 Å². The van der Waals surface area contributed by atoms with E-state index in [1.807, 2.05) is 30.3 Å². The lowest BCUT2D eigenvalue weighted by Crippen LogP contribution is -2.42. The van der Waals surface area contributed by atoms with Crippen LogP contribution in [0.15, 0.2) is 30.3 Å². The fraction of sp³-hybridized carbons (Fsp3) is 0.385. The van der Waals surface area contributed by atoms with E-state index in [1.54, 1.807) is 4.90 Å². The summed E-state index contributed by atoms with van der Waals surface area (Å²) < 4.78 is 0. The number of thioether (sulfide) groups is 1. The van der Waals surface area contributed by atoms with Gasteiger partial charge in [0.1, 0.15) is 0 Å². The molecule has 0 radical (unpaired) electrons. The van der Waals surface area contributed by atoms with Gasteiger partial charge in [-0.25, -0.2) is 0 Å². The molecule has 1 aromatic rings. The second-order valence-electron chi connectivity index (χ2n) is 4.20. The molecule has 1 saturated heterocycles. The van der Waals surface area contributed by atoms with Crippen molar-refractivity contribution >= 4 is 23.6 Å². The van der Waals surface area contributed by atoms with E-state index in [0.717, 1.165) is 11.3 Å². The van der Waals surface area contributed by atoms with Crippen molar-refractivity contribution in [3.05, 3.63) is 35.9 Å². The fourth-order valence-corrected chi connectivity index (χ4v) is 3.09. The Morgan fingerprint density at radius 2 is 2.06 bits per heavy atom. The van der Waals surface area contributed by atoms with E-state index >= 15 is 0 Å². The molecule has 1 fully saturated rings. The van der Waals surface area contributed by atoms with Crippen LogP contribution >= 0.6 is 11.8 Å². The van der Waals surface area contributed by atoms with Crippen molar-refractivity contribution in [2.24, 2.45) is 5.73 Å². The highest BCUT2D eigenvalue weighted by molar-refractivity contribution is 8.00. The second-order valence-corrected chi connectivity index (χ2v) is 5.39. The van der Waals surface area contributed by atoms with Gasteiger partial charge in [0.25, 0.3) is 5.91 Å². The predicted molar refractivity (Wildman–Crippen MR) is 71.9 cm³/mol. The summed E-state index contributed by atoms with van der Waals surface area (Å²) in [5.74, 6) is 0.364. The summed E-state index contributed by atoms with van der Waals surface area (Å²) in [6.45, 7) is 0.617. The Balaban J connectivity index is 1.90. The molecule has 0 saturated carbocycles. The zero-order valence-corrected chi connectivity index (χ0v) is 10.9. The average Bonchev–Trinajstić information content (AvgIpc) is 2.86. The minimum atomic E-state index is -0.478. The number of carbonyl (C=O) groups is 2. The van der Waals surface area contributed by atoms with Gasteiger partial charge >= 0.3 is 0 Å². The summed E-state index contributed by atoms with van der Waals surface area (Å²) >= 11 is 1.44. The lowest BCUT2D eigenvalue weighted by molar-refractivity contribution is -0.135. The van der Waals surface area contributed by atoms with Gasteiger partial charge in [-0.1, -0.05) is 30.3 Å². The highest BCUT2D eigenvalue weighted by atomic mass is 32.2. The Labute approximate surface area is 111 Å². The first-order chi connectivity index (χ1) is 8.68.